The lowest BCUT2D eigenvalue weighted by Gasteiger charge is -2.41. The molecule has 50 heavy (non-hydrogen) atoms. The number of carboxylic acid groups (broad SMARTS) is 1. The number of aromatic nitrogens is 1. The first kappa shape index (κ1) is 40.3. The Labute approximate surface area is 299 Å². The Morgan fingerprint density at radius 3 is 2.34 bits per heavy atom. The van der Waals surface area contributed by atoms with Crippen molar-refractivity contribution in [3.63, 3.8) is 0 Å². The SMILES string of the molecule is CC(C)(C)[C@H](c1cc(-c2cc(F)ccc2F)cn1Cc1ccccc1)N(CC[C@H](N)C(=O)N[C@H](CCCCNC(=O)CBr)C(=O)O)C(=O)CO. The van der Waals surface area contributed by atoms with Gasteiger partial charge in [0.2, 0.25) is 17.7 Å². The van der Waals surface area contributed by atoms with Crippen LogP contribution in [0, 0.1) is 17.0 Å². The molecule has 272 valence electrons. The highest BCUT2D eigenvalue weighted by Gasteiger charge is 2.37. The van der Waals surface area contributed by atoms with Crippen LogP contribution in [0.15, 0.2) is 60.8 Å². The van der Waals surface area contributed by atoms with Gasteiger partial charge in [0.15, 0.2) is 0 Å². The number of halogens is 3. The van der Waals surface area contributed by atoms with Crippen LogP contribution in [0.2, 0.25) is 0 Å². The van der Waals surface area contributed by atoms with E-state index in [4.69, 9.17) is 5.73 Å². The van der Waals surface area contributed by atoms with Gasteiger partial charge in [-0.1, -0.05) is 67.0 Å². The summed E-state index contributed by atoms with van der Waals surface area (Å²) in [5.41, 5.74) is 7.48. The number of hydrogen-bond donors (Lipinski definition) is 5. The van der Waals surface area contributed by atoms with E-state index in [1.807, 2.05) is 55.7 Å². The Bertz CT molecular complexity index is 1610. The fourth-order valence-electron chi connectivity index (χ4n) is 5.79. The lowest BCUT2D eigenvalue weighted by molar-refractivity contribution is -0.142. The minimum atomic E-state index is -1.23. The summed E-state index contributed by atoms with van der Waals surface area (Å²) >= 11 is 3.05. The average Bonchev–Trinajstić information content (AvgIpc) is 3.47. The van der Waals surface area contributed by atoms with Gasteiger partial charge in [-0.3, -0.25) is 14.4 Å². The van der Waals surface area contributed by atoms with E-state index in [1.165, 1.54) is 4.90 Å². The number of nitrogens with two attached hydrogens (primary N) is 1. The van der Waals surface area contributed by atoms with Crippen LogP contribution in [-0.4, -0.2) is 80.5 Å². The number of unbranched alkanes of at least 4 members (excludes halogenated alkanes) is 1. The van der Waals surface area contributed by atoms with Crippen LogP contribution in [0.3, 0.4) is 0 Å². The van der Waals surface area contributed by atoms with Gasteiger partial charge in [0.05, 0.1) is 17.4 Å². The summed E-state index contributed by atoms with van der Waals surface area (Å²) in [5.74, 6) is -4.01. The van der Waals surface area contributed by atoms with Gasteiger partial charge in [0.1, 0.15) is 24.3 Å². The third-order valence-corrected chi connectivity index (χ3v) is 8.74. The van der Waals surface area contributed by atoms with Gasteiger partial charge < -0.3 is 36.0 Å². The Morgan fingerprint density at radius 1 is 1.02 bits per heavy atom. The minimum Gasteiger partial charge on any atom is -0.480 e. The third-order valence-electron chi connectivity index (χ3n) is 8.23. The van der Waals surface area contributed by atoms with Crippen molar-refractivity contribution in [2.75, 3.05) is 25.0 Å². The number of nitrogens with zero attached hydrogens (tertiary/aromatic N) is 2. The largest absolute Gasteiger partial charge is 0.480 e. The van der Waals surface area contributed by atoms with E-state index >= 15 is 0 Å². The first-order valence-corrected chi connectivity index (χ1v) is 17.5. The number of hydrogen-bond acceptors (Lipinski definition) is 6. The molecule has 0 unspecified atom stereocenters. The molecule has 3 rings (SSSR count). The van der Waals surface area contributed by atoms with Crippen LogP contribution >= 0.6 is 15.9 Å². The van der Waals surface area contributed by atoms with Crippen molar-refractivity contribution in [1.29, 1.82) is 0 Å². The van der Waals surface area contributed by atoms with E-state index in [9.17, 15) is 38.2 Å². The first-order chi connectivity index (χ1) is 23.7. The van der Waals surface area contributed by atoms with Crippen LogP contribution in [-0.2, 0) is 25.7 Å². The normalized spacial score (nSPS) is 13.3. The predicted molar refractivity (Wildman–Crippen MR) is 189 cm³/mol. The molecule has 3 aromatic rings. The van der Waals surface area contributed by atoms with Gasteiger partial charge in [-0.05, 0) is 60.9 Å². The maximum Gasteiger partial charge on any atom is 0.326 e. The first-order valence-electron chi connectivity index (χ1n) is 16.4. The number of alkyl halides is 1. The number of benzene rings is 2. The van der Waals surface area contributed by atoms with Crippen molar-refractivity contribution in [3.05, 3.63) is 83.7 Å². The lowest BCUT2D eigenvalue weighted by atomic mass is 9.82. The standard InChI is InChI=1S/C36H46BrF2N5O6/c1-36(2,3)33(30-17-24(26-18-25(38)12-13-27(26)39)21-43(30)20-23-9-5-4-6-10-23)44(32(47)22-45)16-14-28(40)34(48)42-29(35(49)50)11-7-8-15-41-31(46)19-37/h4-6,9-10,12-13,17-18,21,28-29,33,45H,7-8,11,14-16,19-20,22,40H2,1-3H3,(H,41,46)(H,42,48)(H,49,50)/t28-,29+,33-/m0/s1. The molecule has 3 amide bonds. The molecule has 0 saturated heterocycles. The topological polar surface area (TPSA) is 167 Å². The summed E-state index contributed by atoms with van der Waals surface area (Å²) in [6.07, 6.45) is 2.68. The lowest BCUT2D eigenvalue weighted by Crippen LogP contribution is -2.50. The Morgan fingerprint density at radius 2 is 1.72 bits per heavy atom. The van der Waals surface area contributed by atoms with Gasteiger partial charge in [-0.15, -0.1) is 0 Å². The number of rotatable bonds is 18. The molecule has 0 bridgehead atoms. The van der Waals surface area contributed by atoms with Gasteiger partial charge in [0, 0.05) is 42.7 Å². The van der Waals surface area contributed by atoms with E-state index < -0.39 is 59.6 Å². The van der Waals surface area contributed by atoms with Crippen LogP contribution in [0.5, 0.6) is 0 Å². The minimum absolute atomic E-state index is 0.0427. The zero-order valence-corrected chi connectivity index (χ0v) is 30.1. The van der Waals surface area contributed by atoms with Crippen LogP contribution in [0.1, 0.15) is 63.8 Å². The zero-order chi connectivity index (χ0) is 37.0. The summed E-state index contributed by atoms with van der Waals surface area (Å²) in [5, 5.41) is 25.0. The van der Waals surface area contributed by atoms with E-state index in [1.54, 1.807) is 12.3 Å². The highest BCUT2D eigenvalue weighted by molar-refractivity contribution is 9.09. The van der Waals surface area contributed by atoms with E-state index in [-0.39, 0.29) is 36.2 Å². The molecule has 11 nitrogen and oxygen atoms in total. The molecule has 0 aliphatic rings. The molecule has 0 aliphatic heterocycles. The Hall–Kier alpha value is -4.14. The fourth-order valence-corrected chi connectivity index (χ4v) is 5.99. The quantitative estimate of drug-likeness (QED) is 0.0949. The van der Waals surface area contributed by atoms with E-state index in [0.717, 1.165) is 23.8 Å². The monoisotopic (exact) mass is 761 g/mol. The summed E-state index contributed by atoms with van der Waals surface area (Å²) < 4.78 is 31.1. The maximum absolute atomic E-state index is 15.0. The summed E-state index contributed by atoms with van der Waals surface area (Å²) in [6.45, 7) is 5.47. The van der Waals surface area contributed by atoms with E-state index in [0.29, 0.717) is 37.2 Å². The van der Waals surface area contributed by atoms with Crippen molar-refractivity contribution in [3.8, 4) is 11.1 Å². The Kier molecular flexibility index (Phi) is 15.1. The van der Waals surface area contributed by atoms with Crippen molar-refractivity contribution in [1.82, 2.24) is 20.1 Å². The highest BCUT2D eigenvalue weighted by Crippen LogP contribution is 2.41. The number of carbonyl (C=O) groups excluding carboxylic acids is 3. The molecular formula is C36H46BrF2N5O6. The highest BCUT2D eigenvalue weighted by atomic mass is 79.9. The molecular weight excluding hydrogens is 716 g/mol. The molecule has 2 aromatic carbocycles. The molecule has 6 N–H and O–H groups in total. The van der Waals surface area contributed by atoms with Crippen LogP contribution < -0.4 is 16.4 Å². The molecule has 1 aromatic heterocycles. The molecule has 3 atom stereocenters. The summed E-state index contributed by atoms with van der Waals surface area (Å²) in [7, 11) is 0. The van der Waals surface area contributed by atoms with Gasteiger partial charge in [-0.2, -0.15) is 0 Å². The molecule has 0 spiro atoms. The second kappa shape index (κ2) is 18.7. The molecule has 14 heteroatoms. The van der Waals surface area contributed by atoms with Gasteiger partial charge in [0.25, 0.3) is 0 Å². The third kappa shape index (κ3) is 11.5. The van der Waals surface area contributed by atoms with Crippen molar-refractivity contribution >= 4 is 39.6 Å². The number of nitrogens with one attached hydrogen (secondary N) is 2. The average molecular weight is 763 g/mol. The van der Waals surface area contributed by atoms with Crippen molar-refractivity contribution in [2.24, 2.45) is 11.1 Å². The summed E-state index contributed by atoms with van der Waals surface area (Å²) in [6, 6.07) is 11.2. The van der Waals surface area contributed by atoms with E-state index in [2.05, 4.69) is 26.6 Å². The predicted octanol–water partition coefficient (Wildman–Crippen LogP) is 4.36. The van der Waals surface area contributed by atoms with Crippen LogP contribution in [0.4, 0.5) is 8.78 Å². The molecule has 0 aliphatic carbocycles. The number of aliphatic hydroxyl groups is 1. The maximum atomic E-state index is 15.0. The van der Waals surface area contributed by atoms with Crippen LogP contribution in [0.25, 0.3) is 11.1 Å². The van der Waals surface area contributed by atoms with Crippen molar-refractivity contribution < 1.29 is 38.2 Å². The zero-order valence-electron chi connectivity index (χ0n) is 28.5. The number of aliphatic carboxylic acids is 1. The molecule has 0 saturated carbocycles. The second-order valence-corrected chi connectivity index (χ2v) is 13.7. The molecule has 0 fully saturated rings. The fraction of sp³-hybridized carbons (Fsp3) is 0.444. The smallest absolute Gasteiger partial charge is 0.326 e. The summed E-state index contributed by atoms with van der Waals surface area (Å²) in [4.78, 5) is 51.1. The second-order valence-electron chi connectivity index (χ2n) is 13.2. The molecule has 1 heterocycles. The number of carboxylic acids is 1. The Balaban J connectivity index is 1.89. The molecule has 0 radical (unpaired) electrons. The number of aliphatic hydroxyl groups excluding tert-OH is 1. The van der Waals surface area contributed by atoms with Crippen molar-refractivity contribution in [2.45, 2.75) is 71.1 Å². The number of carbonyl (C=O) groups is 4. The van der Waals surface area contributed by atoms with Gasteiger partial charge >= 0.3 is 5.97 Å². The van der Waals surface area contributed by atoms with Gasteiger partial charge in [-0.25, -0.2) is 13.6 Å². The number of amides is 3.